The van der Waals surface area contributed by atoms with Crippen molar-refractivity contribution < 1.29 is 0 Å². The fourth-order valence-electron chi connectivity index (χ4n) is 6.54. The van der Waals surface area contributed by atoms with Crippen LogP contribution in [0.25, 0.3) is 27.9 Å². The Balaban J connectivity index is 1.32. The molecule has 4 aromatic heterocycles. The van der Waals surface area contributed by atoms with Gasteiger partial charge in [-0.15, -0.1) is 0 Å². The van der Waals surface area contributed by atoms with E-state index in [1.165, 1.54) is 6.42 Å². The maximum Gasteiger partial charge on any atom is 0.147 e. The summed E-state index contributed by atoms with van der Waals surface area (Å²) in [5, 5.41) is 18.3. The Kier molecular flexibility index (Phi) is 3.63. The van der Waals surface area contributed by atoms with E-state index in [-0.39, 0.29) is 5.54 Å². The number of piperidine rings is 1. The number of pyridine rings is 1. The zero-order valence-electron chi connectivity index (χ0n) is 18.3. The molecule has 9 nitrogen and oxygen atoms in total. The van der Waals surface area contributed by atoms with Gasteiger partial charge in [0.2, 0.25) is 0 Å². The lowest BCUT2D eigenvalue weighted by molar-refractivity contribution is 0.316. The van der Waals surface area contributed by atoms with Crippen molar-refractivity contribution in [2.75, 3.05) is 4.90 Å². The number of hydrogen-bond acceptors (Lipinski definition) is 7. The second-order valence-electron chi connectivity index (χ2n) is 9.82. The SMILES string of the molecule is Cn1cc(-c2cc(-c3cnc(N4C5CC6CC4C(N)(C6)C5)cn3)c3c(C#N)cnn3c2)cn1. The first-order valence-electron chi connectivity index (χ1n) is 11.3. The highest BCUT2D eigenvalue weighted by Gasteiger charge is 2.60. The van der Waals surface area contributed by atoms with Crippen LogP contribution in [0, 0.1) is 17.2 Å². The van der Waals surface area contributed by atoms with Crippen molar-refractivity contribution in [2.45, 2.75) is 43.3 Å². The zero-order chi connectivity index (χ0) is 22.3. The Morgan fingerprint density at radius 1 is 1.06 bits per heavy atom. The molecule has 2 N–H and O–H groups in total. The largest absolute Gasteiger partial charge is 0.347 e. The number of nitrogens with two attached hydrogens (primary N) is 1. The van der Waals surface area contributed by atoms with Gasteiger partial charge < -0.3 is 10.6 Å². The van der Waals surface area contributed by atoms with E-state index in [1.807, 2.05) is 44.1 Å². The van der Waals surface area contributed by atoms with E-state index in [9.17, 15) is 5.26 Å². The van der Waals surface area contributed by atoms with Crippen LogP contribution in [0.4, 0.5) is 5.82 Å². The highest BCUT2D eigenvalue weighted by molar-refractivity contribution is 5.86. The van der Waals surface area contributed by atoms with Gasteiger partial charge in [-0.3, -0.25) is 9.67 Å². The Bertz CT molecular complexity index is 1440. The summed E-state index contributed by atoms with van der Waals surface area (Å²) < 4.78 is 3.50. The molecule has 2 saturated carbocycles. The predicted octanol–water partition coefficient (Wildman–Crippen LogP) is 2.52. The van der Waals surface area contributed by atoms with Gasteiger partial charge in [-0.05, 0) is 37.7 Å². The second kappa shape index (κ2) is 6.39. The van der Waals surface area contributed by atoms with Crippen molar-refractivity contribution in [3.63, 3.8) is 0 Å². The lowest BCUT2D eigenvalue weighted by Gasteiger charge is -2.36. The first kappa shape index (κ1) is 18.8. The molecule has 9 heteroatoms. The number of rotatable bonds is 3. The summed E-state index contributed by atoms with van der Waals surface area (Å²) in [6, 6.07) is 5.11. The number of aromatic nitrogens is 6. The molecule has 4 aromatic rings. The van der Waals surface area contributed by atoms with E-state index in [0.717, 1.165) is 53.2 Å². The lowest BCUT2D eigenvalue weighted by Crippen LogP contribution is -2.47. The molecule has 4 fully saturated rings. The summed E-state index contributed by atoms with van der Waals surface area (Å²) in [6.45, 7) is 0. The Labute approximate surface area is 190 Å². The fraction of sp³-hybridized carbons (Fsp3) is 0.375. The van der Waals surface area contributed by atoms with Gasteiger partial charge in [0.1, 0.15) is 11.9 Å². The maximum absolute atomic E-state index is 9.65. The summed E-state index contributed by atoms with van der Waals surface area (Å²) >= 11 is 0. The molecule has 4 atom stereocenters. The average Bonchev–Trinajstić information content (AvgIpc) is 3.53. The third kappa shape index (κ3) is 2.61. The molecule has 0 radical (unpaired) electrons. The van der Waals surface area contributed by atoms with Gasteiger partial charge in [-0.1, -0.05) is 0 Å². The van der Waals surface area contributed by atoms with Crippen molar-refractivity contribution in [3.05, 3.63) is 48.8 Å². The summed E-state index contributed by atoms with van der Waals surface area (Å²) in [6.07, 6.45) is 15.5. The summed E-state index contributed by atoms with van der Waals surface area (Å²) in [5.41, 5.74) is 11.4. The quantitative estimate of drug-likeness (QED) is 0.524. The molecule has 4 aliphatic rings. The van der Waals surface area contributed by atoms with Crippen molar-refractivity contribution in [3.8, 4) is 28.5 Å². The van der Waals surface area contributed by atoms with Crippen LogP contribution in [0.5, 0.6) is 0 Å². The number of hydrogen-bond donors (Lipinski definition) is 1. The van der Waals surface area contributed by atoms with Crippen LogP contribution in [0.15, 0.2) is 43.2 Å². The van der Waals surface area contributed by atoms with E-state index in [1.54, 1.807) is 15.4 Å². The van der Waals surface area contributed by atoms with Crippen LogP contribution >= 0.6 is 0 Å². The van der Waals surface area contributed by atoms with Gasteiger partial charge in [0.15, 0.2) is 0 Å². The first-order chi connectivity index (χ1) is 16.0. The van der Waals surface area contributed by atoms with E-state index in [2.05, 4.69) is 21.2 Å². The maximum atomic E-state index is 9.65. The molecule has 8 rings (SSSR count). The topological polar surface area (TPSA) is 114 Å². The number of anilines is 1. The van der Waals surface area contributed by atoms with Crippen LogP contribution < -0.4 is 10.6 Å². The average molecular weight is 438 g/mol. The van der Waals surface area contributed by atoms with Gasteiger partial charge in [-0.2, -0.15) is 15.5 Å². The van der Waals surface area contributed by atoms with Gasteiger partial charge in [0, 0.05) is 53.8 Å². The van der Waals surface area contributed by atoms with Crippen LogP contribution in [-0.4, -0.2) is 47.0 Å². The second-order valence-corrected chi connectivity index (χ2v) is 9.82. The molecule has 164 valence electrons. The number of nitrogens with zero attached hydrogens (tertiary/aromatic N) is 8. The van der Waals surface area contributed by atoms with Crippen molar-refractivity contribution in [1.29, 1.82) is 5.26 Å². The van der Waals surface area contributed by atoms with Crippen LogP contribution in [0.3, 0.4) is 0 Å². The van der Waals surface area contributed by atoms with Crippen LogP contribution in [-0.2, 0) is 7.05 Å². The molecule has 0 aromatic carbocycles. The minimum Gasteiger partial charge on any atom is -0.347 e. The molecular weight excluding hydrogens is 414 g/mol. The standard InChI is InChI=1S/C24H23N9/c1-31-12-17(9-29-31)15-4-19(23-16(7-25)8-30-32(23)13-15)20-10-28-22(11-27-20)33-18-2-14-3-21(33)24(26,5-14)6-18/h4,8-14,18,21H,2-3,5-6,26H2,1H3. The van der Waals surface area contributed by atoms with Gasteiger partial charge in [0.05, 0.1) is 41.6 Å². The van der Waals surface area contributed by atoms with Gasteiger partial charge in [0.25, 0.3) is 0 Å². The van der Waals surface area contributed by atoms with Crippen molar-refractivity contribution in [1.82, 2.24) is 29.4 Å². The molecule has 6 heterocycles. The Morgan fingerprint density at radius 3 is 2.70 bits per heavy atom. The highest BCUT2D eigenvalue weighted by Crippen LogP contribution is 2.54. The van der Waals surface area contributed by atoms with E-state index < -0.39 is 0 Å². The molecule has 4 bridgehead atoms. The van der Waals surface area contributed by atoms with E-state index in [0.29, 0.717) is 23.3 Å². The summed E-state index contributed by atoms with van der Waals surface area (Å²) in [4.78, 5) is 12.1. The normalized spacial score (nSPS) is 27.5. The minimum absolute atomic E-state index is 0.0720. The summed E-state index contributed by atoms with van der Waals surface area (Å²) in [5.74, 6) is 1.66. The molecular formula is C24H23N9. The molecule has 0 amide bonds. The Morgan fingerprint density at radius 2 is 1.97 bits per heavy atom. The molecule has 2 saturated heterocycles. The van der Waals surface area contributed by atoms with E-state index in [4.69, 9.17) is 15.7 Å². The van der Waals surface area contributed by atoms with Crippen LogP contribution in [0.2, 0.25) is 0 Å². The molecule has 2 aliphatic carbocycles. The third-order valence-corrected chi connectivity index (χ3v) is 7.79. The van der Waals surface area contributed by atoms with Crippen molar-refractivity contribution in [2.24, 2.45) is 18.7 Å². The molecule has 4 unspecified atom stereocenters. The first-order valence-corrected chi connectivity index (χ1v) is 11.3. The number of fused-ring (bicyclic) bond motifs is 1. The van der Waals surface area contributed by atoms with Crippen molar-refractivity contribution >= 4 is 11.3 Å². The fourth-order valence-corrected chi connectivity index (χ4v) is 6.54. The van der Waals surface area contributed by atoms with E-state index >= 15 is 0 Å². The molecule has 33 heavy (non-hydrogen) atoms. The lowest BCUT2D eigenvalue weighted by atomic mass is 9.83. The predicted molar refractivity (Wildman–Crippen MR) is 122 cm³/mol. The smallest absolute Gasteiger partial charge is 0.147 e. The number of nitriles is 1. The number of aryl methyl sites for hydroxylation is 1. The monoisotopic (exact) mass is 437 g/mol. The van der Waals surface area contributed by atoms with Gasteiger partial charge >= 0.3 is 0 Å². The third-order valence-electron chi connectivity index (χ3n) is 7.79. The Hall–Kier alpha value is -3.77. The zero-order valence-corrected chi connectivity index (χ0v) is 18.3. The van der Waals surface area contributed by atoms with Gasteiger partial charge in [-0.25, -0.2) is 9.50 Å². The highest BCUT2D eigenvalue weighted by atomic mass is 15.3. The molecule has 2 aliphatic heterocycles. The minimum atomic E-state index is -0.0720. The summed E-state index contributed by atoms with van der Waals surface area (Å²) in [7, 11) is 1.89. The van der Waals surface area contributed by atoms with Crippen LogP contribution in [0.1, 0.15) is 31.2 Å². The molecule has 0 spiro atoms.